The minimum atomic E-state index is -0.0782. The number of nitrogens with one attached hydrogen (secondary N) is 1. The first-order valence-corrected chi connectivity index (χ1v) is 9.98. The van der Waals surface area contributed by atoms with Gasteiger partial charge in [0.1, 0.15) is 6.54 Å². The van der Waals surface area contributed by atoms with Crippen molar-refractivity contribution in [3.05, 3.63) is 22.7 Å². The number of aromatic nitrogens is 2. The van der Waals surface area contributed by atoms with Gasteiger partial charge < -0.3 is 24.6 Å². The standard InChI is InChI=1S/C19H31N7O2/c1-23(2)16(27)14-21-19(22-15-6-4-5-7-15)26-12-10-25(11-13-26)17-18(28)24(3)9-8-20-17/h8-9,15H,4-7,10-14H2,1-3H3,(H,21,22). The number of guanidine groups is 1. The molecule has 1 aliphatic heterocycles. The maximum atomic E-state index is 12.3. The minimum absolute atomic E-state index is 0.0126. The first-order chi connectivity index (χ1) is 13.5. The average molecular weight is 390 g/mol. The molecular formula is C19H31N7O2. The molecule has 1 N–H and O–H groups in total. The number of anilines is 1. The first-order valence-electron chi connectivity index (χ1n) is 9.98. The second kappa shape index (κ2) is 9.07. The van der Waals surface area contributed by atoms with Crippen molar-refractivity contribution in [2.45, 2.75) is 31.7 Å². The lowest BCUT2D eigenvalue weighted by Gasteiger charge is -2.37. The maximum absolute atomic E-state index is 12.3. The fraction of sp³-hybridized carbons (Fsp3) is 0.684. The normalized spacial score (nSPS) is 18.5. The Morgan fingerprint density at radius 2 is 1.93 bits per heavy atom. The van der Waals surface area contributed by atoms with Crippen molar-refractivity contribution in [2.24, 2.45) is 12.0 Å². The van der Waals surface area contributed by atoms with E-state index in [0.717, 1.165) is 31.9 Å². The summed E-state index contributed by atoms with van der Waals surface area (Å²) in [5.74, 6) is 1.28. The molecule has 3 rings (SSSR count). The summed E-state index contributed by atoms with van der Waals surface area (Å²) < 4.78 is 1.55. The quantitative estimate of drug-likeness (QED) is 0.571. The number of carbonyl (C=O) groups is 1. The average Bonchev–Trinajstić information content (AvgIpc) is 3.20. The fourth-order valence-electron chi connectivity index (χ4n) is 3.61. The smallest absolute Gasteiger partial charge is 0.293 e. The molecule has 9 nitrogen and oxygen atoms in total. The topological polar surface area (TPSA) is 86.1 Å². The molecule has 0 aromatic carbocycles. The molecule has 0 spiro atoms. The van der Waals surface area contributed by atoms with Crippen LogP contribution < -0.4 is 15.8 Å². The van der Waals surface area contributed by atoms with E-state index in [1.807, 2.05) is 4.90 Å². The summed E-state index contributed by atoms with van der Waals surface area (Å²) in [4.78, 5) is 39.0. The number of piperazine rings is 1. The van der Waals surface area contributed by atoms with Crippen LogP contribution in [0.25, 0.3) is 0 Å². The van der Waals surface area contributed by atoms with E-state index in [1.165, 1.54) is 12.8 Å². The summed E-state index contributed by atoms with van der Waals surface area (Å²) in [6.45, 7) is 2.99. The number of nitrogens with zero attached hydrogens (tertiary/aromatic N) is 6. The molecule has 1 amide bonds. The van der Waals surface area contributed by atoms with Crippen LogP contribution in [-0.4, -0.2) is 84.1 Å². The van der Waals surface area contributed by atoms with Gasteiger partial charge in [0.15, 0.2) is 11.8 Å². The summed E-state index contributed by atoms with van der Waals surface area (Å²) in [7, 11) is 5.23. The van der Waals surface area contributed by atoms with Gasteiger partial charge >= 0.3 is 0 Å². The van der Waals surface area contributed by atoms with Crippen LogP contribution in [0.1, 0.15) is 25.7 Å². The van der Waals surface area contributed by atoms with Gasteiger partial charge in [-0.1, -0.05) is 12.8 Å². The number of rotatable bonds is 4. The molecule has 0 unspecified atom stereocenters. The molecule has 0 atom stereocenters. The second-order valence-electron chi connectivity index (χ2n) is 7.69. The third-order valence-electron chi connectivity index (χ3n) is 5.43. The molecule has 9 heteroatoms. The second-order valence-corrected chi connectivity index (χ2v) is 7.69. The van der Waals surface area contributed by atoms with Crippen LogP contribution in [0.3, 0.4) is 0 Å². The molecule has 2 aliphatic rings. The van der Waals surface area contributed by atoms with E-state index in [4.69, 9.17) is 0 Å². The largest absolute Gasteiger partial charge is 0.353 e. The van der Waals surface area contributed by atoms with Crippen LogP contribution in [0.15, 0.2) is 22.2 Å². The number of carbonyl (C=O) groups excluding carboxylic acids is 1. The van der Waals surface area contributed by atoms with Crippen LogP contribution in [0.2, 0.25) is 0 Å². The third-order valence-corrected chi connectivity index (χ3v) is 5.43. The van der Waals surface area contributed by atoms with Gasteiger partial charge in [-0.2, -0.15) is 0 Å². The fourth-order valence-corrected chi connectivity index (χ4v) is 3.61. The van der Waals surface area contributed by atoms with Gasteiger partial charge in [0.25, 0.3) is 5.56 Å². The highest BCUT2D eigenvalue weighted by Gasteiger charge is 2.25. The first kappa shape index (κ1) is 20.2. The zero-order valence-electron chi connectivity index (χ0n) is 17.1. The highest BCUT2D eigenvalue weighted by Crippen LogP contribution is 2.18. The molecule has 2 heterocycles. The maximum Gasteiger partial charge on any atom is 0.293 e. The van der Waals surface area contributed by atoms with Crippen molar-refractivity contribution >= 4 is 17.7 Å². The predicted octanol–water partition coefficient (Wildman–Crippen LogP) is -0.121. The van der Waals surface area contributed by atoms with Crippen LogP contribution in [0, 0.1) is 0 Å². The zero-order chi connectivity index (χ0) is 20.1. The Kier molecular flexibility index (Phi) is 6.53. The van der Waals surface area contributed by atoms with Gasteiger partial charge in [0, 0.05) is 65.8 Å². The zero-order valence-corrected chi connectivity index (χ0v) is 17.1. The van der Waals surface area contributed by atoms with Gasteiger partial charge in [-0.25, -0.2) is 9.98 Å². The van der Waals surface area contributed by atoms with E-state index in [9.17, 15) is 9.59 Å². The van der Waals surface area contributed by atoms with Gasteiger partial charge in [-0.05, 0) is 12.8 Å². The number of aliphatic imine (C=N–C) groups is 1. The number of hydrogen-bond donors (Lipinski definition) is 1. The van der Waals surface area contributed by atoms with E-state index in [-0.39, 0.29) is 18.0 Å². The lowest BCUT2D eigenvalue weighted by molar-refractivity contribution is -0.127. The van der Waals surface area contributed by atoms with E-state index in [1.54, 1.807) is 43.0 Å². The Balaban J connectivity index is 1.67. The van der Waals surface area contributed by atoms with Crippen molar-refractivity contribution in [3.8, 4) is 0 Å². The predicted molar refractivity (Wildman–Crippen MR) is 110 cm³/mol. The van der Waals surface area contributed by atoms with E-state index >= 15 is 0 Å². The molecule has 28 heavy (non-hydrogen) atoms. The van der Waals surface area contributed by atoms with Gasteiger partial charge in [-0.3, -0.25) is 9.59 Å². The molecule has 1 saturated heterocycles. The number of aryl methyl sites for hydroxylation is 1. The summed E-state index contributed by atoms with van der Waals surface area (Å²) in [6.07, 6.45) is 8.08. The SMILES string of the molecule is CN(C)C(=O)CN=C(NC1CCCC1)N1CCN(c2nccn(C)c2=O)CC1. The number of likely N-dealkylation sites (N-methyl/N-ethyl adjacent to an activating group) is 1. The molecule has 1 aromatic rings. The summed E-state index contributed by atoms with van der Waals surface area (Å²) in [5.41, 5.74) is -0.0782. The monoisotopic (exact) mass is 389 g/mol. The molecule has 1 saturated carbocycles. The molecule has 2 fully saturated rings. The Bertz CT molecular complexity index is 760. The number of amides is 1. The molecule has 1 aromatic heterocycles. The van der Waals surface area contributed by atoms with Gasteiger partial charge in [0.2, 0.25) is 5.91 Å². The molecule has 1 aliphatic carbocycles. The van der Waals surface area contributed by atoms with Crippen molar-refractivity contribution < 1.29 is 4.79 Å². The molecule has 154 valence electrons. The lowest BCUT2D eigenvalue weighted by atomic mass is 10.2. The highest BCUT2D eigenvalue weighted by molar-refractivity contribution is 5.85. The van der Waals surface area contributed by atoms with Crippen LogP contribution >= 0.6 is 0 Å². The van der Waals surface area contributed by atoms with Gasteiger partial charge in [0.05, 0.1) is 0 Å². The Labute approximate surface area is 166 Å². The van der Waals surface area contributed by atoms with Gasteiger partial charge in [-0.15, -0.1) is 0 Å². The summed E-state index contributed by atoms with van der Waals surface area (Å²) >= 11 is 0. The Morgan fingerprint density at radius 3 is 2.57 bits per heavy atom. The molecular weight excluding hydrogens is 358 g/mol. The Hall–Kier alpha value is -2.58. The highest BCUT2D eigenvalue weighted by atomic mass is 16.2. The van der Waals surface area contributed by atoms with E-state index < -0.39 is 0 Å². The van der Waals surface area contributed by atoms with E-state index in [2.05, 4.69) is 20.2 Å². The molecule has 0 radical (unpaired) electrons. The third kappa shape index (κ3) is 4.82. The number of hydrogen-bond acceptors (Lipinski definition) is 5. The van der Waals surface area contributed by atoms with Crippen LogP contribution in [0.5, 0.6) is 0 Å². The van der Waals surface area contributed by atoms with Crippen LogP contribution in [0.4, 0.5) is 5.82 Å². The van der Waals surface area contributed by atoms with Crippen molar-refractivity contribution in [1.82, 2.24) is 24.7 Å². The Morgan fingerprint density at radius 1 is 1.25 bits per heavy atom. The van der Waals surface area contributed by atoms with Crippen LogP contribution in [-0.2, 0) is 11.8 Å². The summed E-state index contributed by atoms with van der Waals surface area (Å²) in [6, 6.07) is 0.425. The van der Waals surface area contributed by atoms with E-state index in [0.29, 0.717) is 24.9 Å². The van der Waals surface area contributed by atoms with Crippen molar-refractivity contribution in [1.29, 1.82) is 0 Å². The minimum Gasteiger partial charge on any atom is -0.353 e. The lowest BCUT2D eigenvalue weighted by Crippen LogP contribution is -2.55. The van der Waals surface area contributed by atoms with Crippen molar-refractivity contribution in [3.63, 3.8) is 0 Å². The molecule has 0 bridgehead atoms. The van der Waals surface area contributed by atoms with Crippen molar-refractivity contribution in [2.75, 3.05) is 51.7 Å². The summed E-state index contributed by atoms with van der Waals surface area (Å²) in [5, 5.41) is 3.56.